The number of ether oxygens (including phenoxy) is 1. The Morgan fingerprint density at radius 2 is 1.79 bits per heavy atom. The average molecular weight is 390 g/mol. The molecule has 0 spiro atoms. The van der Waals surface area contributed by atoms with Gasteiger partial charge in [0.2, 0.25) is 11.8 Å². The van der Waals surface area contributed by atoms with Crippen LogP contribution in [-0.4, -0.2) is 29.4 Å². The van der Waals surface area contributed by atoms with Crippen molar-refractivity contribution in [3.05, 3.63) is 59.4 Å². The molecular weight excluding hydrogens is 377 g/mol. The molecule has 0 radical (unpaired) electrons. The number of hydrogen-bond donors (Lipinski definition) is 4. The normalized spacial score (nSPS) is 10.7. The van der Waals surface area contributed by atoms with E-state index < -0.39 is 41.9 Å². The van der Waals surface area contributed by atoms with Crippen LogP contribution in [-0.2, 0) is 9.53 Å². The number of aromatic nitrogens is 1. The number of rotatable bonds is 4. The minimum Gasteiger partial charge on any atom is -0.391 e. The highest BCUT2D eigenvalue weighted by molar-refractivity contribution is 6.13. The zero-order chi connectivity index (χ0) is 20.4. The second-order valence-corrected chi connectivity index (χ2v) is 5.73. The molecule has 0 saturated heterocycles. The number of halogens is 3. The molecule has 0 bridgehead atoms. The number of fused-ring (bicyclic) bond motifs is 1. The van der Waals surface area contributed by atoms with Gasteiger partial charge < -0.3 is 20.8 Å². The van der Waals surface area contributed by atoms with Crippen molar-refractivity contribution in [2.24, 2.45) is 5.73 Å². The zero-order valence-corrected chi connectivity index (χ0v) is 14.1. The van der Waals surface area contributed by atoms with Crippen LogP contribution in [0.4, 0.5) is 18.0 Å². The summed E-state index contributed by atoms with van der Waals surface area (Å²) in [5.74, 6) is -3.91. The summed E-state index contributed by atoms with van der Waals surface area (Å²) in [6, 6.07) is 6.63. The molecule has 0 aliphatic heterocycles. The van der Waals surface area contributed by atoms with E-state index in [-0.39, 0.29) is 22.2 Å². The molecule has 2 aromatic carbocycles. The van der Waals surface area contributed by atoms with Crippen LogP contribution >= 0.6 is 0 Å². The summed E-state index contributed by atoms with van der Waals surface area (Å²) in [5.41, 5.74) is 5.13. The third-order valence-electron chi connectivity index (χ3n) is 3.79. The third kappa shape index (κ3) is 3.80. The van der Waals surface area contributed by atoms with E-state index in [2.05, 4.69) is 4.98 Å². The van der Waals surface area contributed by atoms with E-state index in [0.717, 1.165) is 18.2 Å². The van der Waals surface area contributed by atoms with Gasteiger partial charge in [-0.05, 0) is 35.9 Å². The second kappa shape index (κ2) is 7.43. The van der Waals surface area contributed by atoms with E-state index in [0.29, 0.717) is 11.6 Å². The molecule has 0 aliphatic carbocycles. The van der Waals surface area contributed by atoms with Gasteiger partial charge in [-0.15, -0.1) is 0 Å². The van der Waals surface area contributed by atoms with Crippen molar-refractivity contribution in [3.8, 4) is 11.3 Å². The fourth-order valence-corrected chi connectivity index (χ4v) is 2.63. The molecule has 2 amide bonds. The number of primary amides is 1. The van der Waals surface area contributed by atoms with Gasteiger partial charge in [0.25, 0.3) is 0 Å². The highest BCUT2D eigenvalue weighted by atomic mass is 19.1. The maximum atomic E-state index is 14.2. The topological polar surface area (TPSA) is 121 Å². The SMILES string of the molecule is N=C(OC(=O)NCC(N)=O)c1c(-c2ccc(F)cc2)[nH]c2c(F)cc(F)cc12. The Morgan fingerprint density at radius 3 is 2.43 bits per heavy atom. The molecule has 3 rings (SSSR count). The van der Waals surface area contributed by atoms with E-state index in [1.54, 1.807) is 0 Å². The third-order valence-corrected chi connectivity index (χ3v) is 3.79. The summed E-state index contributed by atoms with van der Waals surface area (Å²) >= 11 is 0. The summed E-state index contributed by atoms with van der Waals surface area (Å²) in [4.78, 5) is 25.1. The maximum absolute atomic E-state index is 14.2. The van der Waals surface area contributed by atoms with Gasteiger partial charge in [0.1, 0.15) is 17.5 Å². The summed E-state index contributed by atoms with van der Waals surface area (Å²) < 4.78 is 45.9. The van der Waals surface area contributed by atoms with Crippen molar-refractivity contribution >= 4 is 28.8 Å². The molecule has 1 heterocycles. The lowest BCUT2D eigenvalue weighted by Crippen LogP contribution is -2.34. The highest BCUT2D eigenvalue weighted by Crippen LogP contribution is 2.33. The number of nitrogens with one attached hydrogen (secondary N) is 3. The average Bonchev–Trinajstić information content (AvgIpc) is 3.00. The molecule has 28 heavy (non-hydrogen) atoms. The fraction of sp³-hybridized carbons (Fsp3) is 0.0556. The summed E-state index contributed by atoms with van der Waals surface area (Å²) in [6.45, 7) is -0.520. The van der Waals surface area contributed by atoms with Crippen LogP contribution in [0.3, 0.4) is 0 Å². The molecule has 0 fully saturated rings. The van der Waals surface area contributed by atoms with E-state index in [4.69, 9.17) is 15.9 Å². The molecule has 1 aromatic heterocycles. The van der Waals surface area contributed by atoms with Gasteiger partial charge in [0, 0.05) is 11.5 Å². The smallest absolute Gasteiger partial charge is 0.391 e. The van der Waals surface area contributed by atoms with Crippen molar-refractivity contribution < 1.29 is 27.5 Å². The largest absolute Gasteiger partial charge is 0.414 e. The van der Waals surface area contributed by atoms with Gasteiger partial charge in [-0.25, -0.2) is 18.0 Å². The zero-order valence-electron chi connectivity index (χ0n) is 14.1. The van der Waals surface area contributed by atoms with Crippen molar-refractivity contribution in [1.29, 1.82) is 5.41 Å². The number of hydrogen-bond acceptors (Lipinski definition) is 4. The number of amides is 2. The first kappa shape index (κ1) is 19.0. The Bertz CT molecular complexity index is 1090. The molecule has 0 unspecified atom stereocenters. The highest BCUT2D eigenvalue weighted by Gasteiger charge is 2.23. The first-order chi connectivity index (χ1) is 13.3. The number of benzene rings is 2. The number of carbonyl (C=O) groups is 2. The molecular formula is C18H13F3N4O3. The van der Waals surface area contributed by atoms with Crippen LogP contribution in [0.5, 0.6) is 0 Å². The predicted octanol–water partition coefficient (Wildman–Crippen LogP) is 2.79. The summed E-state index contributed by atoms with van der Waals surface area (Å²) in [6.07, 6.45) is -1.15. The molecule has 3 aromatic rings. The molecule has 5 N–H and O–H groups in total. The van der Waals surface area contributed by atoms with E-state index in [1.165, 1.54) is 12.1 Å². The van der Waals surface area contributed by atoms with Gasteiger partial charge in [-0.1, -0.05) is 0 Å². The van der Waals surface area contributed by atoms with Crippen LogP contribution in [0, 0.1) is 22.9 Å². The number of carbonyl (C=O) groups excluding carboxylic acids is 2. The van der Waals surface area contributed by atoms with Gasteiger partial charge in [-0.3, -0.25) is 10.2 Å². The number of nitrogens with two attached hydrogens (primary N) is 1. The lowest BCUT2D eigenvalue weighted by molar-refractivity contribution is -0.117. The Labute approximate surface area is 155 Å². The maximum Gasteiger partial charge on any atom is 0.414 e. The van der Waals surface area contributed by atoms with Crippen LogP contribution in [0.15, 0.2) is 36.4 Å². The Kier molecular flexibility index (Phi) is 5.03. The second-order valence-electron chi connectivity index (χ2n) is 5.73. The van der Waals surface area contributed by atoms with Crippen LogP contribution in [0.2, 0.25) is 0 Å². The monoisotopic (exact) mass is 390 g/mol. The molecule has 144 valence electrons. The van der Waals surface area contributed by atoms with Gasteiger partial charge in [-0.2, -0.15) is 0 Å². The molecule has 0 atom stereocenters. The number of H-pyrrole nitrogens is 1. The molecule has 0 saturated carbocycles. The van der Waals surface area contributed by atoms with Crippen molar-refractivity contribution in [2.45, 2.75) is 0 Å². The predicted molar refractivity (Wildman–Crippen MR) is 94.1 cm³/mol. The van der Waals surface area contributed by atoms with Crippen molar-refractivity contribution in [1.82, 2.24) is 10.3 Å². The molecule has 10 heteroatoms. The summed E-state index contributed by atoms with van der Waals surface area (Å²) in [7, 11) is 0. The minimum absolute atomic E-state index is 0.0514. The fourth-order valence-electron chi connectivity index (χ4n) is 2.63. The van der Waals surface area contributed by atoms with E-state index in [1.807, 2.05) is 5.32 Å². The van der Waals surface area contributed by atoms with Crippen molar-refractivity contribution in [2.75, 3.05) is 6.54 Å². The lowest BCUT2D eigenvalue weighted by atomic mass is 10.0. The molecule has 0 aliphatic rings. The van der Waals surface area contributed by atoms with Gasteiger partial charge >= 0.3 is 6.09 Å². The number of alkyl carbamates (subject to hydrolysis) is 1. The Balaban J connectivity index is 2.09. The lowest BCUT2D eigenvalue weighted by Gasteiger charge is -2.08. The standard InChI is InChI=1S/C18H13F3N4O3/c19-9-3-1-8(2-4-9)15-14(17(23)28-18(27)24-7-13(22)26)11-5-10(20)6-12(21)16(11)25-15/h1-6,23,25H,7H2,(H2,22,26)(H,24,27). The molecule has 7 nitrogen and oxygen atoms in total. The quantitative estimate of drug-likeness (QED) is 0.405. The van der Waals surface area contributed by atoms with Crippen LogP contribution in [0.1, 0.15) is 5.56 Å². The minimum atomic E-state index is -1.15. The van der Waals surface area contributed by atoms with Gasteiger partial charge in [0.05, 0.1) is 23.3 Å². The Morgan fingerprint density at radius 1 is 1.11 bits per heavy atom. The van der Waals surface area contributed by atoms with Crippen molar-refractivity contribution in [3.63, 3.8) is 0 Å². The van der Waals surface area contributed by atoms with Crippen LogP contribution in [0.25, 0.3) is 22.2 Å². The van der Waals surface area contributed by atoms with Gasteiger partial charge in [0.15, 0.2) is 0 Å². The van der Waals surface area contributed by atoms with E-state index >= 15 is 0 Å². The Hall–Kier alpha value is -3.82. The van der Waals surface area contributed by atoms with E-state index in [9.17, 15) is 22.8 Å². The first-order valence-electron chi connectivity index (χ1n) is 7.86. The number of aromatic amines is 1. The van der Waals surface area contributed by atoms with Crippen LogP contribution < -0.4 is 11.1 Å². The summed E-state index contributed by atoms with van der Waals surface area (Å²) in [5, 5.41) is 10.1. The first-order valence-corrected chi connectivity index (χ1v) is 7.86.